The van der Waals surface area contributed by atoms with Gasteiger partial charge in [-0.1, -0.05) is 30.3 Å². The molecule has 26 heavy (non-hydrogen) atoms. The SMILES string of the molecule is Cn1cc(C(NCCCN2C(=O)NC(C)(C)C2=O)c2ccccc2)cn1. The molecular formula is C19H25N5O2. The first kappa shape index (κ1) is 18.1. The number of aryl methyl sites for hydroxylation is 1. The first-order valence-corrected chi connectivity index (χ1v) is 8.79. The van der Waals surface area contributed by atoms with E-state index >= 15 is 0 Å². The minimum atomic E-state index is -0.813. The lowest BCUT2D eigenvalue weighted by atomic mass is 10.0. The topological polar surface area (TPSA) is 79.3 Å². The Hall–Kier alpha value is -2.67. The summed E-state index contributed by atoms with van der Waals surface area (Å²) in [6.07, 6.45) is 4.52. The van der Waals surface area contributed by atoms with Crippen molar-refractivity contribution in [3.8, 4) is 0 Å². The van der Waals surface area contributed by atoms with Crippen LogP contribution in [0.1, 0.15) is 37.4 Å². The van der Waals surface area contributed by atoms with Gasteiger partial charge in [-0.25, -0.2) is 4.79 Å². The fourth-order valence-corrected chi connectivity index (χ4v) is 3.17. The maximum atomic E-state index is 12.2. The van der Waals surface area contributed by atoms with Crippen LogP contribution in [0.4, 0.5) is 4.79 Å². The van der Waals surface area contributed by atoms with E-state index in [0.717, 1.165) is 11.1 Å². The monoisotopic (exact) mass is 355 g/mol. The summed E-state index contributed by atoms with van der Waals surface area (Å²) in [5.74, 6) is -0.172. The number of rotatable bonds is 7. The molecule has 0 spiro atoms. The molecule has 1 aliphatic rings. The van der Waals surface area contributed by atoms with Crippen LogP contribution in [0.5, 0.6) is 0 Å². The van der Waals surface area contributed by atoms with Gasteiger partial charge in [-0.2, -0.15) is 5.10 Å². The van der Waals surface area contributed by atoms with Crippen molar-refractivity contribution in [2.24, 2.45) is 7.05 Å². The van der Waals surface area contributed by atoms with Gasteiger partial charge in [0.25, 0.3) is 5.91 Å². The highest BCUT2D eigenvalue weighted by atomic mass is 16.2. The largest absolute Gasteiger partial charge is 0.325 e. The van der Waals surface area contributed by atoms with E-state index in [9.17, 15) is 9.59 Å². The normalized spacial score (nSPS) is 17.4. The Kier molecular flexibility index (Phi) is 5.08. The quantitative estimate of drug-likeness (QED) is 0.587. The van der Waals surface area contributed by atoms with E-state index in [1.165, 1.54) is 4.90 Å². The summed E-state index contributed by atoms with van der Waals surface area (Å²) in [6.45, 7) is 4.51. The molecule has 1 aliphatic heterocycles. The second kappa shape index (κ2) is 7.29. The van der Waals surface area contributed by atoms with Crippen molar-refractivity contribution in [1.82, 2.24) is 25.3 Å². The predicted octanol–water partition coefficient (Wildman–Crippen LogP) is 1.82. The van der Waals surface area contributed by atoms with Crippen molar-refractivity contribution < 1.29 is 9.59 Å². The third-order valence-corrected chi connectivity index (χ3v) is 4.54. The molecule has 2 N–H and O–H groups in total. The van der Waals surface area contributed by atoms with Gasteiger partial charge >= 0.3 is 6.03 Å². The number of carbonyl (C=O) groups is 2. The van der Waals surface area contributed by atoms with Gasteiger partial charge in [0, 0.05) is 25.4 Å². The zero-order chi connectivity index (χ0) is 18.7. The second-order valence-electron chi connectivity index (χ2n) is 7.11. The van der Waals surface area contributed by atoms with Crippen molar-refractivity contribution in [3.63, 3.8) is 0 Å². The van der Waals surface area contributed by atoms with Gasteiger partial charge in [0.1, 0.15) is 5.54 Å². The summed E-state index contributed by atoms with van der Waals surface area (Å²) in [5.41, 5.74) is 1.42. The number of amides is 3. The van der Waals surface area contributed by atoms with Crippen LogP contribution in [0.15, 0.2) is 42.7 Å². The molecule has 7 nitrogen and oxygen atoms in total. The maximum Gasteiger partial charge on any atom is 0.325 e. The first-order chi connectivity index (χ1) is 12.4. The third-order valence-electron chi connectivity index (χ3n) is 4.54. The number of carbonyl (C=O) groups excluding carboxylic acids is 2. The lowest BCUT2D eigenvalue weighted by molar-refractivity contribution is -0.130. The molecule has 3 rings (SSSR count). The van der Waals surface area contributed by atoms with E-state index in [-0.39, 0.29) is 18.0 Å². The number of hydrogen-bond donors (Lipinski definition) is 2. The summed E-state index contributed by atoms with van der Waals surface area (Å²) in [5, 5.41) is 10.5. The third kappa shape index (κ3) is 3.77. The smallest absolute Gasteiger partial charge is 0.324 e. The number of nitrogens with one attached hydrogen (secondary N) is 2. The molecule has 1 atom stereocenters. The minimum Gasteiger partial charge on any atom is -0.324 e. The zero-order valence-electron chi connectivity index (χ0n) is 15.4. The van der Waals surface area contributed by atoms with Gasteiger partial charge in [0.05, 0.1) is 12.2 Å². The Morgan fingerprint density at radius 3 is 2.50 bits per heavy atom. The van der Waals surface area contributed by atoms with Crippen LogP contribution < -0.4 is 10.6 Å². The van der Waals surface area contributed by atoms with Crippen LogP contribution in [0.25, 0.3) is 0 Å². The van der Waals surface area contributed by atoms with E-state index in [1.807, 2.05) is 37.6 Å². The molecule has 3 amide bonds. The molecule has 1 unspecified atom stereocenters. The molecule has 0 aliphatic carbocycles. The zero-order valence-corrected chi connectivity index (χ0v) is 15.4. The van der Waals surface area contributed by atoms with Crippen LogP contribution in [0, 0.1) is 0 Å². The van der Waals surface area contributed by atoms with Gasteiger partial charge in [0.15, 0.2) is 0 Å². The summed E-state index contributed by atoms with van der Waals surface area (Å²) in [6, 6.07) is 9.86. The standard InChI is InChI=1S/C19H25N5O2/c1-19(2)17(25)24(18(26)22-19)11-7-10-20-16(14-8-5-4-6-9-14)15-12-21-23(3)13-15/h4-6,8-9,12-13,16,20H,7,10-11H2,1-3H3,(H,22,26). The Labute approximate surface area is 153 Å². The van der Waals surface area contributed by atoms with E-state index in [2.05, 4.69) is 27.9 Å². The maximum absolute atomic E-state index is 12.2. The Morgan fingerprint density at radius 2 is 1.92 bits per heavy atom. The van der Waals surface area contributed by atoms with E-state index in [1.54, 1.807) is 18.5 Å². The number of urea groups is 1. The van der Waals surface area contributed by atoms with Crippen molar-refractivity contribution in [3.05, 3.63) is 53.9 Å². The highest BCUT2D eigenvalue weighted by Gasteiger charge is 2.43. The highest BCUT2D eigenvalue weighted by Crippen LogP contribution is 2.21. The average molecular weight is 355 g/mol. The molecule has 2 aromatic rings. The molecule has 1 aromatic heterocycles. The fraction of sp³-hybridized carbons (Fsp3) is 0.421. The van der Waals surface area contributed by atoms with Gasteiger partial charge in [-0.05, 0) is 32.4 Å². The van der Waals surface area contributed by atoms with Crippen molar-refractivity contribution in [2.45, 2.75) is 31.8 Å². The summed E-state index contributed by atoms with van der Waals surface area (Å²) in [7, 11) is 1.89. The van der Waals surface area contributed by atoms with Crippen LogP contribution >= 0.6 is 0 Å². The molecule has 0 bridgehead atoms. The van der Waals surface area contributed by atoms with Gasteiger partial charge in [-0.3, -0.25) is 14.4 Å². The number of imide groups is 1. The summed E-state index contributed by atoms with van der Waals surface area (Å²) < 4.78 is 1.78. The Balaban J connectivity index is 1.61. The van der Waals surface area contributed by atoms with Crippen LogP contribution in [-0.2, 0) is 11.8 Å². The highest BCUT2D eigenvalue weighted by molar-refractivity contribution is 6.06. The van der Waals surface area contributed by atoms with Crippen LogP contribution in [-0.4, -0.2) is 45.2 Å². The van der Waals surface area contributed by atoms with Crippen LogP contribution in [0.2, 0.25) is 0 Å². The molecule has 138 valence electrons. The van der Waals surface area contributed by atoms with Crippen LogP contribution in [0.3, 0.4) is 0 Å². The van der Waals surface area contributed by atoms with Gasteiger partial charge in [-0.15, -0.1) is 0 Å². The summed E-state index contributed by atoms with van der Waals surface area (Å²) >= 11 is 0. The van der Waals surface area contributed by atoms with Gasteiger partial charge in [0.2, 0.25) is 0 Å². The average Bonchev–Trinajstić information content (AvgIpc) is 3.11. The molecule has 1 fully saturated rings. The predicted molar refractivity (Wildman–Crippen MR) is 98.4 cm³/mol. The lowest BCUT2D eigenvalue weighted by Gasteiger charge is -2.19. The molecular weight excluding hydrogens is 330 g/mol. The molecule has 0 radical (unpaired) electrons. The Bertz CT molecular complexity index is 784. The van der Waals surface area contributed by atoms with E-state index in [4.69, 9.17) is 0 Å². The first-order valence-electron chi connectivity index (χ1n) is 8.79. The Morgan fingerprint density at radius 1 is 1.19 bits per heavy atom. The number of benzene rings is 1. The minimum absolute atomic E-state index is 0.0180. The van der Waals surface area contributed by atoms with Crippen molar-refractivity contribution in [2.75, 3.05) is 13.1 Å². The number of aromatic nitrogens is 2. The number of hydrogen-bond acceptors (Lipinski definition) is 4. The molecule has 0 saturated carbocycles. The number of nitrogens with zero attached hydrogens (tertiary/aromatic N) is 3. The molecule has 1 aromatic carbocycles. The lowest BCUT2D eigenvalue weighted by Crippen LogP contribution is -2.40. The molecule has 2 heterocycles. The fourth-order valence-electron chi connectivity index (χ4n) is 3.17. The van der Waals surface area contributed by atoms with E-state index in [0.29, 0.717) is 19.5 Å². The van der Waals surface area contributed by atoms with E-state index < -0.39 is 5.54 Å². The molecule has 7 heteroatoms. The second-order valence-corrected chi connectivity index (χ2v) is 7.11. The summed E-state index contributed by atoms with van der Waals surface area (Å²) in [4.78, 5) is 25.5. The van der Waals surface area contributed by atoms with Crippen molar-refractivity contribution >= 4 is 11.9 Å². The van der Waals surface area contributed by atoms with Gasteiger partial charge < -0.3 is 10.6 Å². The van der Waals surface area contributed by atoms with Crippen molar-refractivity contribution in [1.29, 1.82) is 0 Å². The molecule has 1 saturated heterocycles.